The van der Waals surface area contributed by atoms with E-state index in [2.05, 4.69) is 42.1 Å². The summed E-state index contributed by atoms with van der Waals surface area (Å²) in [5.41, 5.74) is 1.62. The molecule has 0 aliphatic carbocycles. The summed E-state index contributed by atoms with van der Waals surface area (Å²) in [7, 11) is 0. The summed E-state index contributed by atoms with van der Waals surface area (Å²) in [6.45, 7) is 6.98. The van der Waals surface area contributed by atoms with Crippen molar-refractivity contribution in [3.8, 4) is 0 Å². The molecule has 0 bridgehead atoms. The number of carboxylic acid groups (broad SMARTS) is 1. The van der Waals surface area contributed by atoms with Gasteiger partial charge in [0.25, 0.3) is 0 Å². The fourth-order valence-electron chi connectivity index (χ4n) is 1.92. The molecule has 1 atom stereocenters. The molecule has 5 nitrogen and oxygen atoms in total. The Hall–Kier alpha value is -1.62. The Morgan fingerprint density at radius 1 is 1.50 bits per heavy atom. The second-order valence-corrected chi connectivity index (χ2v) is 5.66. The van der Waals surface area contributed by atoms with E-state index in [1.165, 1.54) is 0 Å². The molecule has 1 aliphatic heterocycles. The first-order valence-corrected chi connectivity index (χ1v) is 6.11. The monoisotopic (exact) mass is 249 g/mol. The highest BCUT2D eigenvalue weighted by Crippen LogP contribution is 2.22. The number of fused-ring (bicyclic) bond motifs is 1. The molecule has 1 aromatic heterocycles. The maximum absolute atomic E-state index is 11.1. The standard InChI is InChI=1S/C13H19N3O2/c1-13(2,3)6-4-9-15-8-5-7-14-11(12(17)18)10(8)16-9/h4,6,11,14H,5,7H2,1-3H3,(H,15,16)(H,17,18). The average molecular weight is 249 g/mol. The molecule has 0 aromatic carbocycles. The number of allylic oxidation sites excluding steroid dienone is 1. The number of H-pyrrole nitrogens is 1. The van der Waals surface area contributed by atoms with Crippen LogP contribution >= 0.6 is 0 Å². The van der Waals surface area contributed by atoms with Crippen LogP contribution in [0.5, 0.6) is 0 Å². The van der Waals surface area contributed by atoms with Gasteiger partial charge in [0.1, 0.15) is 5.82 Å². The molecule has 0 saturated heterocycles. The van der Waals surface area contributed by atoms with Crippen LogP contribution in [0.25, 0.3) is 6.08 Å². The molecular formula is C13H19N3O2. The lowest BCUT2D eigenvalue weighted by atomic mass is 9.96. The highest BCUT2D eigenvalue weighted by molar-refractivity contribution is 5.75. The molecule has 0 amide bonds. The van der Waals surface area contributed by atoms with E-state index in [9.17, 15) is 4.79 Å². The van der Waals surface area contributed by atoms with Gasteiger partial charge in [-0.3, -0.25) is 10.1 Å². The molecule has 0 fully saturated rings. The van der Waals surface area contributed by atoms with Crippen molar-refractivity contribution in [2.75, 3.05) is 6.54 Å². The minimum atomic E-state index is -0.881. The van der Waals surface area contributed by atoms with E-state index in [4.69, 9.17) is 5.11 Å². The van der Waals surface area contributed by atoms with E-state index in [1.807, 2.05) is 6.08 Å². The maximum Gasteiger partial charge on any atom is 0.327 e. The second-order valence-electron chi connectivity index (χ2n) is 5.66. The molecule has 3 N–H and O–H groups in total. The zero-order chi connectivity index (χ0) is 13.3. The van der Waals surface area contributed by atoms with Crippen molar-refractivity contribution in [3.63, 3.8) is 0 Å². The Kier molecular flexibility index (Phi) is 3.26. The number of carbonyl (C=O) groups is 1. The number of aliphatic carboxylic acids is 1. The summed E-state index contributed by atoms with van der Waals surface area (Å²) in [6.07, 6.45) is 4.76. The highest BCUT2D eigenvalue weighted by atomic mass is 16.4. The Morgan fingerprint density at radius 2 is 2.22 bits per heavy atom. The number of aromatic amines is 1. The molecule has 98 valence electrons. The van der Waals surface area contributed by atoms with Gasteiger partial charge < -0.3 is 10.1 Å². The van der Waals surface area contributed by atoms with Crippen molar-refractivity contribution in [2.24, 2.45) is 5.41 Å². The van der Waals surface area contributed by atoms with Crippen LogP contribution in [0.15, 0.2) is 6.08 Å². The fourth-order valence-corrected chi connectivity index (χ4v) is 1.92. The molecule has 2 heterocycles. The van der Waals surface area contributed by atoms with Crippen LogP contribution in [-0.2, 0) is 11.2 Å². The minimum Gasteiger partial charge on any atom is -0.480 e. The van der Waals surface area contributed by atoms with Crippen LogP contribution in [0.3, 0.4) is 0 Å². The van der Waals surface area contributed by atoms with Gasteiger partial charge in [-0.1, -0.05) is 26.8 Å². The van der Waals surface area contributed by atoms with E-state index in [0.717, 1.165) is 17.9 Å². The summed E-state index contributed by atoms with van der Waals surface area (Å²) >= 11 is 0. The van der Waals surface area contributed by atoms with E-state index in [-0.39, 0.29) is 5.41 Å². The molecule has 5 heteroatoms. The van der Waals surface area contributed by atoms with Gasteiger partial charge in [-0.25, -0.2) is 4.98 Å². The predicted molar refractivity (Wildman–Crippen MR) is 69.2 cm³/mol. The third-order valence-corrected chi connectivity index (χ3v) is 2.81. The normalized spacial score (nSPS) is 20.1. The lowest BCUT2D eigenvalue weighted by molar-refractivity contribution is -0.139. The van der Waals surface area contributed by atoms with Gasteiger partial charge in [0.15, 0.2) is 6.04 Å². The zero-order valence-corrected chi connectivity index (χ0v) is 10.9. The summed E-state index contributed by atoms with van der Waals surface area (Å²) in [6, 6.07) is -0.693. The maximum atomic E-state index is 11.1. The molecular weight excluding hydrogens is 230 g/mol. The number of aromatic nitrogens is 2. The summed E-state index contributed by atoms with van der Waals surface area (Å²) < 4.78 is 0. The molecule has 0 saturated carbocycles. The van der Waals surface area contributed by atoms with Crippen LogP contribution in [0, 0.1) is 5.41 Å². The molecule has 2 rings (SSSR count). The Bertz CT molecular complexity index is 483. The van der Waals surface area contributed by atoms with E-state index >= 15 is 0 Å². The first kappa shape index (κ1) is 12.8. The molecule has 1 aromatic rings. The number of nitrogens with zero attached hydrogens (tertiary/aromatic N) is 1. The number of rotatable bonds is 2. The van der Waals surface area contributed by atoms with Crippen molar-refractivity contribution in [1.29, 1.82) is 0 Å². The Morgan fingerprint density at radius 3 is 2.83 bits per heavy atom. The second kappa shape index (κ2) is 4.57. The van der Waals surface area contributed by atoms with E-state index < -0.39 is 12.0 Å². The van der Waals surface area contributed by atoms with Gasteiger partial charge in [-0.2, -0.15) is 0 Å². The molecule has 1 unspecified atom stereocenters. The highest BCUT2D eigenvalue weighted by Gasteiger charge is 2.28. The largest absolute Gasteiger partial charge is 0.480 e. The number of nitrogens with one attached hydrogen (secondary N) is 2. The lowest BCUT2D eigenvalue weighted by Crippen LogP contribution is -2.35. The van der Waals surface area contributed by atoms with Gasteiger partial charge in [-0.15, -0.1) is 0 Å². The van der Waals surface area contributed by atoms with E-state index in [1.54, 1.807) is 0 Å². The third-order valence-electron chi connectivity index (χ3n) is 2.81. The predicted octanol–water partition coefficient (Wildman–Crippen LogP) is 1.74. The number of carboxylic acids is 1. The first-order valence-electron chi connectivity index (χ1n) is 6.11. The van der Waals surface area contributed by atoms with Crippen LogP contribution in [0.1, 0.15) is 44.0 Å². The summed E-state index contributed by atoms with van der Waals surface area (Å²) in [4.78, 5) is 18.7. The quantitative estimate of drug-likeness (QED) is 0.746. The lowest BCUT2D eigenvalue weighted by Gasteiger charge is -2.18. The average Bonchev–Trinajstić information content (AvgIpc) is 2.67. The minimum absolute atomic E-state index is 0.0811. The van der Waals surface area contributed by atoms with Gasteiger partial charge in [0.05, 0.1) is 5.69 Å². The zero-order valence-electron chi connectivity index (χ0n) is 10.9. The van der Waals surface area contributed by atoms with Crippen molar-refractivity contribution >= 4 is 12.0 Å². The van der Waals surface area contributed by atoms with Crippen LogP contribution in [0.4, 0.5) is 0 Å². The van der Waals surface area contributed by atoms with Crippen LogP contribution in [0.2, 0.25) is 0 Å². The molecule has 0 spiro atoms. The van der Waals surface area contributed by atoms with Gasteiger partial charge in [0, 0.05) is 18.7 Å². The first-order chi connectivity index (χ1) is 8.37. The summed E-state index contributed by atoms with van der Waals surface area (Å²) in [5.74, 6) is -0.154. The third kappa shape index (κ3) is 2.79. The van der Waals surface area contributed by atoms with Gasteiger partial charge in [-0.05, 0) is 11.5 Å². The van der Waals surface area contributed by atoms with Crippen molar-refractivity contribution in [1.82, 2.24) is 15.3 Å². The van der Waals surface area contributed by atoms with Crippen molar-refractivity contribution in [3.05, 3.63) is 23.3 Å². The number of hydrogen-bond acceptors (Lipinski definition) is 3. The Labute approximate surface area is 106 Å². The SMILES string of the molecule is CC(C)(C)C=Cc1nc2c([nH]1)CCNC2C(=O)O. The molecule has 18 heavy (non-hydrogen) atoms. The van der Waals surface area contributed by atoms with Crippen molar-refractivity contribution < 1.29 is 9.90 Å². The van der Waals surface area contributed by atoms with Gasteiger partial charge in [0.2, 0.25) is 0 Å². The van der Waals surface area contributed by atoms with Crippen molar-refractivity contribution in [2.45, 2.75) is 33.2 Å². The summed E-state index contributed by atoms with van der Waals surface area (Å²) in [5, 5.41) is 12.1. The van der Waals surface area contributed by atoms with E-state index in [0.29, 0.717) is 12.2 Å². The van der Waals surface area contributed by atoms with Gasteiger partial charge >= 0.3 is 5.97 Å². The smallest absolute Gasteiger partial charge is 0.327 e. The Balaban J connectivity index is 2.27. The number of hydrogen-bond donors (Lipinski definition) is 3. The number of imidazole rings is 1. The van der Waals surface area contributed by atoms with Crippen LogP contribution < -0.4 is 5.32 Å². The topological polar surface area (TPSA) is 78.0 Å². The van der Waals surface area contributed by atoms with Crippen LogP contribution in [-0.4, -0.2) is 27.6 Å². The molecule has 0 radical (unpaired) electrons. The fraction of sp³-hybridized carbons (Fsp3) is 0.538. The molecule has 1 aliphatic rings.